The molecule has 0 aliphatic carbocycles. The Morgan fingerprint density at radius 2 is 1.73 bits per heavy atom. The SMILES string of the molecule is CCCOc1ccc2cc1-c1cc(ccc1C)C[C@@H](C(=O)OC)NC(=O)[C@H](C)CC(=O)[C@H]2N(C)C(=O)OCc1ccccc1. The standard InChI is InChI=1S/C35H40N2O7/c1-6-16-43-31-15-14-26-20-28(31)27-18-25(13-12-22(27)2)19-29(34(40)42-5)36-33(39)23(3)17-30(38)32(26)37(4)35(41)44-21-24-10-8-7-9-11-24/h7-15,18,20,23,29,32H,6,16-17,19,21H2,1-5H3,(H,36,39)/t23-,29+,32+/m1/s1. The number of carbonyl (C=O) groups is 4. The second kappa shape index (κ2) is 14.7. The van der Waals surface area contributed by atoms with Gasteiger partial charge in [-0.1, -0.05) is 68.4 Å². The van der Waals surface area contributed by atoms with Gasteiger partial charge in [-0.05, 0) is 53.3 Å². The average Bonchev–Trinajstić information content (AvgIpc) is 3.03. The van der Waals surface area contributed by atoms with Gasteiger partial charge in [-0.25, -0.2) is 9.59 Å². The summed E-state index contributed by atoms with van der Waals surface area (Å²) in [5.41, 5.74) is 4.73. The molecule has 0 aromatic heterocycles. The molecule has 1 aliphatic rings. The van der Waals surface area contributed by atoms with Gasteiger partial charge in [0.2, 0.25) is 5.91 Å². The lowest BCUT2D eigenvalue weighted by atomic mass is 9.89. The number of aryl methyl sites for hydroxylation is 1. The molecule has 0 spiro atoms. The van der Waals surface area contributed by atoms with Crippen molar-refractivity contribution in [2.45, 2.75) is 58.7 Å². The van der Waals surface area contributed by atoms with Crippen molar-refractivity contribution in [2.75, 3.05) is 20.8 Å². The van der Waals surface area contributed by atoms with E-state index in [1.54, 1.807) is 13.0 Å². The van der Waals surface area contributed by atoms with Crippen molar-refractivity contribution in [1.82, 2.24) is 10.2 Å². The van der Waals surface area contributed by atoms with Gasteiger partial charge in [0.1, 0.15) is 24.4 Å². The fourth-order valence-corrected chi connectivity index (χ4v) is 5.30. The van der Waals surface area contributed by atoms with E-state index >= 15 is 0 Å². The molecule has 9 heteroatoms. The van der Waals surface area contributed by atoms with Gasteiger partial charge >= 0.3 is 12.1 Å². The van der Waals surface area contributed by atoms with E-state index in [0.29, 0.717) is 17.9 Å². The van der Waals surface area contributed by atoms with Crippen LogP contribution in [0.3, 0.4) is 0 Å². The van der Waals surface area contributed by atoms with Crippen LogP contribution in [0, 0.1) is 12.8 Å². The smallest absolute Gasteiger partial charge is 0.410 e. The summed E-state index contributed by atoms with van der Waals surface area (Å²) in [6.07, 6.45) is 0.155. The maximum Gasteiger partial charge on any atom is 0.410 e. The Labute approximate surface area is 258 Å². The van der Waals surface area contributed by atoms with Crippen LogP contribution < -0.4 is 10.1 Å². The number of fused-ring (bicyclic) bond motifs is 5. The minimum Gasteiger partial charge on any atom is -0.493 e. The number of methoxy groups -OCH3 is 1. The van der Waals surface area contributed by atoms with Gasteiger partial charge in [0, 0.05) is 31.4 Å². The van der Waals surface area contributed by atoms with Crippen molar-refractivity contribution in [2.24, 2.45) is 5.92 Å². The molecule has 4 rings (SSSR count). The van der Waals surface area contributed by atoms with E-state index in [2.05, 4.69) is 5.32 Å². The molecular formula is C35H40N2O7. The highest BCUT2D eigenvalue weighted by atomic mass is 16.6. The Hall–Kier alpha value is -4.66. The van der Waals surface area contributed by atoms with Crippen LogP contribution in [0.1, 0.15) is 55.0 Å². The Morgan fingerprint density at radius 1 is 0.977 bits per heavy atom. The topological polar surface area (TPSA) is 111 Å². The third kappa shape index (κ3) is 7.64. The molecule has 9 nitrogen and oxygen atoms in total. The molecule has 2 amide bonds. The molecule has 3 atom stereocenters. The van der Waals surface area contributed by atoms with Gasteiger partial charge in [-0.2, -0.15) is 0 Å². The van der Waals surface area contributed by atoms with Crippen molar-refractivity contribution in [3.05, 3.63) is 89.0 Å². The lowest BCUT2D eigenvalue weighted by Gasteiger charge is -2.29. The molecule has 3 aromatic carbocycles. The molecule has 0 saturated carbocycles. The molecule has 232 valence electrons. The number of rotatable bonds is 7. The van der Waals surface area contributed by atoms with Gasteiger partial charge in [0.05, 0.1) is 13.7 Å². The van der Waals surface area contributed by atoms with E-state index in [1.807, 2.05) is 74.5 Å². The summed E-state index contributed by atoms with van der Waals surface area (Å²) in [6.45, 7) is 6.14. The highest BCUT2D eigenvalue weighted by Gasteiger charge is 2.34. The van der Waals surface area contributed by atoms with Crippen molar-refractivity contribution >= 4 is 23.8 Å². The van der Waals surface area contributed by atoms with Crippen molar-refractivity contribution in [1.29, 1.82) is 0 Å². The molecule has 4 bridgehead atoms. The Bertz CT molecular complexity index is 1500. The first-order valence-corrected chi connectivity index (χ1v) is 14.8. The summed E-state index contributed by atoms with van der Waals surface area (Å²) in [4.78, 5) is 54.5. The largest absolute Gasteiger partial charge is 0.493 e. The maximum atomic E-state index is 14.0. The second-order valence-corrected chi connectivity index (χ2v) is 11.2. The van der Waals surface area contributed by atoms with E-state index < -0.39 is 36.0 Å². The first-order chi connectivity index (χ1) is 21.1. The first-order valence-electron chi connectivity index (χ1n) is 14.8. The third-order valence-electron chi connectivity index (χ3n) is 7.76. The molecule has 0 unspecified atom stereocenters. The van der Waals surface area contributed by atoms with Crippen LogP contribution >= 0.6 is 0 Å². The fraction of sp³-hybridized carbons (Fsp3) is 0.371. The lowest BCUT2D eigenvalue weighted by molar-refractivity contribution is -0.145. The quantitative estimate of drug-likeness (QED) is 0.353. The predicted molar refractivity (Wildman–Crippen MR) is 166 cm³/mol. The molecule has 1 aliphatic heterocycles. The molecule has 1 N–H and O–H groups in total. The number of ether oxygens (including phenoxy) is 3. The highest BCUT2D eigenvalue weighted by molar-refractivity contribution is 5.94. The molecule has 44 heavy (non-hydrogen) atoms. The number of hydrogen-bond acceptors (Lipinski definition) is 7. The predicted octanol–water partition coefficient (Wildman–Crippen LogP) is 5.57. The van der Waals surface area contributed by atoms with E-state index in [4.69, 9.17) is 14.2 Å². The number of nitrogens with one attached hydrogen (secondary N) is 1. The summed E-state index contributed by atoms with van der Waals surface area (Å²) in [5.74, 6) is -1.55. The number of ketones is 1. The van der Waals surface area contributed by atoms with Gasteiger partial charge in [0.25, 0.3) is 0 Å². The van der Waals surface area contributed by atoms with Crippen molar-refractivity contribution < 1.29 is 33.4 Å². The Kier molecular flexibility index (Phi) is 10.8. The van der Waals surface area contributed by atoms with E-state index in [-0.39, 0.29) is 25.2 Å². The lowest BCUT2D eigenvalue weighted by Crippen LogP contribution is -2.46. The summed E-state index contributed by atoms with van der Waals surface area (Å²) in [5, 5.41) is 2.77. The highest BCUT2D eigenvalue weighted by Crippen LogP contribution is 2.37. The van der Waals surface area contributed by atoms with Crippen LogP contribution in [0.15, 0.2) is 66.7 Å². The number of benzene rings is 3. The monoisotopic (exact) mass is 600 g/mol. The van der Waals surface area contributed by atoms with Gasteiger partial charge < -0.3 is 19.5 Å². The van der Waals surface area contributed by atoms with E-state index in [1.165, 1.54) is 19.1 Å². The Morgan fingerprint density at radius 3 is 2.43 bits per heavy atom. The van der Waals surface area contributed by atoms with Gasteiger partial charge in [0.15, 0.2) is 5.78 Å². The van der Waals surface area contributed by atoms with Crippen LogP contribution in [0.5, 0.6) is 5.75 Å². The molecular weight excluding hydrogens is 560 g/mol. The zero-order valence-electron chi connectivity index (χ0n) is 25.9. The minimum absolute atomic E-state index is 0.0414. The molecule has 1 heterocycles. The molecule has 3 aromatic rings. The van der Waals surface area contributed by atoms with Gasteiger partial charge in [-0.15, -0.1) is 0 Å². The number of likely N-dealkylation sites (N-methyl/N-ethyl adjacent to an activating group) is 1. The van der Waals surface area contributed by atoms with Crippen LogP contribution in [-0.2, 0) is 36.9 Å². The van der Waals surface area contributed by atoms with Gasteiger partial charge in [-0.3, -0.25) is 14.5 Å². The van der Waals surface area contributed by atoms with Crippen LogP contribution in [0.2, 0.25) is 0 Å². The summed E-state index contributed by atoms with van der Waals surface area (Å²) in [6, 6.07) is 18.6. The maximum absolute atomic E-state index is 14.0. The summed E-state index contributed by atoms with van der Waals surface area (Å²) in [7, 11) is 2.79. The van der Waals surface area contributed by atoms with Crippen LogP contribution in [0.25, 0.3) is 11.1 Å². The fourth-order valence-electron chi connectivity index (χ4n) is 5.30. The number of nitrogens with zero attached hydrogens (tertiary/aromatic N) is 1. The minimum atomic E-state index is -1.05. The first kappa shape index (κ1) is 32.3. The van der Waals surface area contributed by atoms with Crippen LogP contribution in [-0.4, -0.2) is 55.5 Å². The summed E-state index contributed by atoms with van der Waals surface area (Å²) < 4.78 is 16.7. The van der Waals surface area contributed by atoms with Crippen LogP contribution in [0.4, 0.5) is 4.79 Å². The van der Waals surface area contributed by atoms with E-state index in [9.17, 15) is 19.2 Å². The number of hydrogen-bond donors (Lipinski definition) is 1. The normalized spacial score (nSPS) is 18.4. The number of Topliss-reactive ketones (excluding diaryl/α,β-unsaturated/α-hetero) is 1. The molecule has 0 saturated heterocycles. The van der Waals surface area contributed by atoms with Crippen molar-refractivity contribution in [3.8, 4) is 16.9 Å². The second-order valence-electron chi connectivity index (χ2n) is 11.2. The number of esters is 1. The number of carbonyl (C=O) groups excluding carboxylic acids is 4. The summed E-state index contributed by atoms with van der Waals surface area (Å²) >= 11 is 0. The third-order valence-corrected chi connectivity index (χ3v) is 7.76. The molecule has 0 radical (unpaired) electrons. The zero-order valence-corrected chi connectivity index (χ0v) is 25.9. The van der Waals surface area contributed by atoms with Crippen molar-refractivity contribution in [3.63, 3.8) is 0 Å². The average molecular weight is 601 g/mol. The Balaban J connectivity index is 1.83. The zero-order chi connectivity index (χ0) is 31.8. The number of amides is 2. The molecule has 0 fully saturated rings. The van der Waals surface area contributed by atoms with E-state index in [0.717, 1.165) is 34.2 Å².